The second-order valence-electron chi connectivity index (χ2n) is 2.83. The second kappa shape index (κ2) is 3.11. The van der Waals surface area contributed by atoms with Crippen LogP contribution in [-0.4, -0.2) is 11.2 Å². The molecule has 2 rings (SSSR count). The van der Waals surface area contributed by atoms with Crippen LogP contribution in [0.2, 0.25) is 0 Å². The van der Waals surface area contributed by atoms with Crippen LogP contribution in [0.15, 0.2) is 23.0 Å². The number of ether oxygens (including phenoxy) is 1. The fourth-order valence-corrected chi connectivity index (χ4v) is 1.39. The molecule has 0 spiro atoms. The number of hydrogen-bond acceptors (Lipinski definition) is 2. The van der Waals surface area contributed by atoms with Crippen molar-refractivity contribution in [2.45, 2.75) is 19.1 Å². The molecule has 1 atom stereocenters. The molecule has 12 heavy (non-hydrogen) atoms. The zero-order chi connectivity index (χ0) is 8.39. The summed E-state index contributed by atoms with van der Waals surface area (Å²) in [7, 11) is 0. The van der Waals surface area contributed by atoms with E-state index in [1.807, 2.05) is 0 Å². The smallest absolute Gasteiger partial charge is 0.253 e. The summed E-state index contributed by atoms with van der Waals surface area (Å²) in [5, 5.41) is 0. The molecule has 2 heterocycles. The SMILES string of the molecule is O=c1ccc[c]n1C1CCCO1. The molecule has 3 heteroatoms. The van der Waals surface area contributed by atoms with Crippen LogP contribution in [0.5, 0.6) is 0 Å². The van der Waals surface area contributed by atoms with Gasteiger partial charge in [0.15, 0.2) is 0 Å². The van der Waals surface area contributed by atoms with E-state index in [9.17, 15) is 4.79 Å². The van der Waals surface area contributed by atoms with Crippen molar-refractivity contribution in [3.8, 4) is 0 Å². The maximum absolute atomic E-state index is 11.3. The van der Waals surface area contributed by atoms with Crippen LogP contribution >= 0.6 is 0 Å². The normalized spacial score (nSPS) is 22.8. The first-order chi connectivity index (χ1) is 5.88. The highest BCUT2D eigenvalue weighted by molar-refractivity contribution is 4.93. The first-order valence-electron chi connectivity index (χ1n) is 4.09. The van der Waals surface area contributed by atoms with E-state index >= 15 is 0 Å². The van der Waals surface area contributed by atoms with E-state index < -0.39 is 0 Å². The molecule has 0 aliphatic carbocycles. The molecule has 0 amide bonds. The van der Waals surface area contributed by atoms with E-state index in [1.54, 1.807) is 12.1 Å². The lowest BCUT2D eigenvalue weighted by Crippen LogP contribution is -2.22. The standard InChI is InChI=1S/C9H10NO2/c11-8-4-1-2-6-10(8)9-5-3-7-12-9/h1-2,4,9H,3,5,7H2. The van der Waals surface area contributed by atoms with Crippen molar-refractivity contribution in [2.24, 2.45) is 0 Å². The van der Waals surface area contributed by atoms with E-state index in [4.69, 9.17) is 4.74 Å². The van der Waals surface area contributed by atoms with Crippen molar-refractivity contribution >= 4 is 0 Å². The van der Waals surface area contributed by atoms with Crippen LogP contribution in [0.25, 0.3) is 0 Å². The van der Waals surface area contributed by atoms with Crippen LogP contribution < -0.4 is 5.56 Å². The number of pyridine rings is 1. The van der Waals surface area contributed by atoms with Crippen LogP contribution in [0.1, 0.15) is 19.1 Å². The first-order valence-corrected chi connectivity index (χ1v) is 4.09. The Balaban J connectivity index is 2.32. The third-order valence-electron chi connectivity index (χ3n) is 1.98. The minimum absolute atomic E-state index is 0.0376. The summed E-state index contributed by atoms with van der Waals surface area (Å²) in [6, 6.07) is 4.94. The van der Waals surface area contributed by atoms with Crippen LogP contribution in [0, 0.1) is 6.20 Å². The summed E-state index contributed by atoms with van der Waals surface area (Å²) in [5.74, 6) is 0. The molecule has 1 aromatic heterocycles. The van der Waals surface area contributed by atoms with E-state index in [-0.39, 0.29) is 11.8 Å². The average molecular weight is 164 g/mol. The second-order valence-corrected chi connectivity index (χ2v) is 2.83. The third-order valence-corrected chi connectivity index (χ3v) is 1.98. The van der Waals surface area contributed by atoms with Crippen molar-refractivity contribution in [2.75, 3.05) is 6.61 Å². The van der Waals surface area contributed by atoms with Crippen molar-refractivity contribution in [3.05, 3.63) is 34.7 Å². The molecule has 0 N–H and O–H groups in total. The number of nitrogens with zero attached hydrogens (tertiary/aromatic N) is 1. The maximum Gasteiger partial charge on any atom is 0.253 e. The Hall–Kier alpha value is -1.09. The number of aromatic nitrogens is 1. The van der Waals surface area contributed by atoms with Gasteiger partial charge in [0.1, 0.15) is 6.23 Å². The summed E-state index contributed by atoms with van der Waals surface area (Å²) in [6.45, 7) is 0.750. The molecule has 1 aliphatic rings. The molecule has 0 saturated carbocycles. The highest BCUT2D eigenvalue weighted by atomic mass is 16.5. The van der Waals surface area contributed by atoms with E-state index in [0.717, 1.165) is 19.4 Å². The van der Waals surface area contributed by atoms with E-state index in [2.05, 4.69) is 6.20 Å². The highest BCUT2D eigenvalue weighted by Gasteiger charge is 2.17. The van der Waals surface area contributed by atoms with Gasteiger partial charge in [0.2, 0.25) is 0 Å². The Morgan fingerprint density at radius 3 is 3.25 bits per heavy atom. The zero-order valence-corrected chi connectivity index (χ0v) is 6.69. The Labute approximate surface area is 70.6 Å². The fourth-order valence-electron chi connectivity index (χ4n) is 1.39. The molecule has 1 aliphatic heterocycles. The van der Waals surface area contributed by atoms with Gasteiger partial charge in [-0.2, -0.15) is 0 Å². The number of rotatable bonds is 1. The molecular formula is C9H10NO2. The topological polar surface area (TPSA) is 31.2 Å². The minimum Gasteiger partial charge on any atom is -0.358 e. The monoisotopic (exact) mass is 164 g/mol. The van der Waals surface area contributed by atoms with Gasteiger partial charge in [-0.1, -0.05) is 6.07 Å². The maximum atomic E-state index is 11.3. The van der Waals surface area contributed by atoms with Crippen LogP contribution in [0.4, 0.5) is 0 Å². The van der Waals surface area contributed by atoms with Gasteiger partial charge in [-0.25, -0.2) is 0 Å². The predicted octanol–water partition coefficient (Wildman–Crippen LogP) is 0.957. The predicted molar refractivity (Wildman–Crippen MR) is 43.8 cm³/mol. The molecular weight excluding hydrogens is 154 g/mol. The molecule has 1 radical (unpaired) electrons. The molecule has 1 saturated heterocycles. The van der Waals surface area contributed by atoms with Crippen LogP contribution in [0.3, 0.4) is 0 Å². The molecule has 3 nitrogen and oxygen atoms in total. The van der Waals surface area contributed by atoms with Crippen molar-refractivity contribution in [3.63, 3.8) is 0 Å². The molecule has 1 unspecified atom stereocenters. The van der Waals surface area contributed by atoms with Gasteiger partial charge in [-0.15, -0.1) is 0 Å². The summed E-state index contributed by atoms with van der Waals surface area (Å²) in [6.07, 6.45) is 4.72. The fraction of sp³-hybridized carbons (Fsp3) is 0.444. The average Bonchev–Trinajstić information content (AvgIpc) is 2.57. The minimum atomic E-state index is -0.0845. The van der Waals surface area contributed by atoms with Gasteiger partial charge in [-0.3, -0.25) is 9.36 Å². The third kappa shape index (κ3) is 1.28. The summed E-state index contributed by atoms with van der Waals surface area (Å²) >= 11 is 0. The summed E-state index contributed by atoms with van der Waals surface area (Å²) < 4.78 is 6.87. The van der Waals surface area contributed by atoms with Crippen molar-refractivity contribution < 1.29 is 4.74 Å². The lowest BCUT2D eigenvalue weighted by atomic mass is 10.3. The zero-order valence-electron chi connectivity index (χ0n) is 6.69. The lowest BCUT2D eigenvalue weighted by Gasteiger charge is -2.10. The Bertz CT molecular complexity index is 312. The first kappa shape index (κ1) is 7.55. The van der Waals surface area contributed by atoms with Gasteiger partial charge in [0, 0.05) is 12.7 Å². The Kier molecular flexibility index (Phi) is 1.96. The summed E-state index contributed by atoms with van der Waals surface area (Å²) in [5.41, 5.74) is -0.0376. The lowest BCUT2D eigenvalue weighted by molar-refractivity contribution is 0.0532. The van der Waals surface area contributed by atoms with Crippen molar-refractivity contribution in [1.82, 2.24) is 4.57 Å². The van der Waals surface area contributed by atoms with Gasteiger partial charge in [0.05, 0.1) is 6.20 Å². The number of hydrogen-bond donors (Lipinski definition) is 0. The molecule has 0 aromatic carbocycles. The van der Waals surface area contributed by atoms with Gasteiger partial charge < -0.3 is 4.74 Å². The Morgan fingerprint density at radius 1 is 1.67 bits per heavy atom. The van der Waals surface area contributed by atoms with Crippen LogP contribution in [-0.2, 0) is 4.74 Å². The largest absolute Gasteiger partial charge is 0.358 e. The Morgan fingerprint density at radius 2 is 2.58 bits per heavy atom. The van der Waals surface area contributed by atoms with E-state index in [1.165, 1.54) is 10.6 Å². The van der Waals surface area contributed by atoms with Gasteiger partial charge >= 0.3 is 0 Å². The van der Waals surface area contributed by atoms with Crippen molar-refractivity contribution in [1.29, 1.82) is 0 Å². The molecule has 0 bridgehead atoms. The molecule has 1 fully saturated rings. The molecule has 1 aromatic rings. The summed E-state index contributed by atoms with van der Waals surface area (Å²) in [4.78, 5) is 11.3. The highest BCUT2D eigenvalue weighted by Crippen LogP contribution is 2.20. The van der Waals surface area contributed by atoms with Gasteiger partial charge in [0.25, 0.3) is 5.56 Å². The van der Waals surface area contributed by atoms with E-state index in [0.29, 0.717) is 0 Å². The van der Waals surface area contributed by atoms with Gasteiger partial charge in [-0.05, 0) is 18.9 Å². The quantitative estimate of drug-likeness (QED) is 0.619. The molecule has 63 valence electrons.